The Morgan fingerprint density at radius 1 is 1.28 bits per heavy atom. The fourth-order valence-corrected chi connectivity index (χ4v) is 1.44. The van der Waals surface area contributed by atoms with Gasteiger partial charge in [-0.1, -0.05) is 0 Å². The molecule has 96 valence electrons. The van der Waals surface area contributed by atoms with E-state index in [4.69, 9.17) is 10.00 Å². The molecule has 5 nitrogen and oxygen atoms in total. The smallest absolute Gasteiger partial charge is 0.351 e. The van der Waals surface area contributed by atoms with Crippen molar-refractivity contribution >= 4 is 11.9 Å². The van der Waals surface area contributed by atoms with E-state index in [0.717, 1.165) is 0 Å². The Kier molecular flexibility index (Phi) is 3.61. The summed E-state index contributed by atoms with van der Waals surface area (Å²) in [6, 6.07) is 1.79. The highest BCUT2D eigenvalue weighted by Gasteiger charge is 2.29. The van der Waals surface area contributed by atoms with Crippen molar-refractivity contribution in [3.63, 3.8) is 0 Å². The van der Waals surface area contributed by atoms with Crippen LogP contribution in [0.15, 0.2) is 22.4 Å². The molecule has 0 unspecified atom stereocenters. The van der Waals surface area contributed by atoms with Crippen LogP contribution in [0.5, 0.6) is 0 Å². The van der Waals surface area contributed by atoms with Gasteiger partial charge in [-0.25, -0.2) is 4.79 Å². The van der Waals surface area contributed by atoms with Crippen LogP contribution in [0.2, 0.25) is 0 Å². The molecule has 5 heteroatoms. The van der Waals surface area contributed by atoms with E-state index in [1.165, 1.54) is 0 Å². The number of nitrogens with zero attached hydrogens (tertiary/aromatic N) is 1. The Morgan fingerprint density at radius 2 is 1.83 bits per heavy atom. The summed E-state index contributed by atoms with van der Waals surface area (Å²) in [7, 11) is 0. The number of carbonyl (C=O) groups is 2. The van der Waals surface area contributed by atoms with E-state index in [2.05, 4.69) is 5.32 Å². The van der Waals surface area contributed by atoms with Gasteiger partial charge in [0.15, 0.2) is 5.57 Å². The first-order valence-electron chi connectivity index (χ1n) is 5.54. The number of hydrogen-bond acceptors (Lipinski definition) is 4. The van der Waals surface area contributed by atoms with E-state index in [1.807, 2.05) is 0 Å². The number of esters is 1. The lowest BCUT2D eigenvalue weighted by atomic mass is 10.1. The second kappa shape index (κ2) is 4.65. The van der Waals surface area contributed by atoms with Crippen LogP contribution in [-0.2, 0) is 14.3 Å². The van der Waals surface area contributed by atoms with Crippen molar-refractivity contribution in [2.24, 2.45) is 0 Å². The Morgan fingerprint density at radius 3 is 2.17 bits per heavy atom. The third-order valence-electron chi connectivity index (χ3n) is 2.48. The standard InChI is InChI=1S/C13H16N2O3/c1-7-8(2)11(16)15-10(7)9(6-14)12(17)18-13(3,4)5/h1-5H3,(H,15,16)/b10-9+. The Bertz CT molecular complexity index is 513. The van der Waals surface area contributed by atoms with Crippen molar-refractivity contribution < 1.29 is 14.3 Å². The molecule has 1 aliphatic heterocycles. The van der Waals surface area contributed by atoms with E-state index >= 15 is 0 Å². The summed E-state index contributed by atoms with van der Waals surface area (Å²) < 4.78 is 5.13. The molecule has 18 heavy (non-hydrogen) atoms. The van der Waals surface area contributed by atoms with E-state index in [1.54, 1.807) is 40.7 Å². The highest BCUT2D eigenvalue weighted by Crippen LogP contribution is 2.24. The maximum Gasteiger partial charge on any atom is 0.351 e. The second-order valence-corrected chi connectivity index (χ2v) is 5.07. The predicted octanol–water partition coefficient (Wildman–Crippen LogP) is 1.57. The number of hydrogen-bond donors (Lipinski definition) is 1. The zero-order chi connectivity index (χ0) is 14.1. The molecule has 0 bridgehead atoms. The largest absolute Gasteiger partial charge is 0.456 e. The molecule has 1 N–H and O–H groups in total. The topological polar surface area (TPSA) is 79.2 Å². The van der Waals surface area contributed by atoms with Gasteiger partial charge in [-0.3, -0.25) is 4.79 Å². The molecule has 0 aromatic heterocycles. The maximum absolute atomic E-state index is 11.9. The van der Waals surface area contributed by atoms with Gasteiger partial charge in [-0.05, 0) is 40.2 Å². The van der Waals surface area contributed by atoms with Gasteiger partial charge in [0.2, 0.25) is 0 Å². The number of ether oxygens (including phenoxy) is 1. The molecule has 0 spiro atoms. The van der Waals surface area contributed by atoms with Gasteiger partial charge in [0.25, 0.3) is 5.91 Å². The van der Waals surface area contributed by atoms with E-state index in [0.29, 0.717) is 11.1 Å². The lowest BCUT2D eigenvalue weighted by molar-refractivity contribution is -0.149. The van der Waals surface area contributed by atoms with Crippen LogP contribution in [-0.4, -0.2) is 17.5 Å². The first-order chi connectivity index (χ1) is 8.17. The monoisotopic (exact) mass is 248 g/mol. The normalized spacial score (nSPS) is 18.3. The molecule has 1 heterocycles. The minimum atomic E-state index is -0.727. The van der Waals surface area contributed by atoms with Crippen LogP contribution in [0, 0.1) is 11.3 Å². The van der Waals surface area contributed by atoms with Crippen LogP contribution in [0.4, 0.5) is 0 Å². The number of allylic oxidation sites excluding steroid dienone is 1. The van der Waals surface area contributed by atoms with Gasteiger partial charge in [-0.15, -0.1) is 0 Å². The lowest BCUT2D eigenvalue weighted by Gasteiger charge is -2.19. The predicted molar refractivity (Wildman–Crippen MR) is 65.0 cm³/mol. The van der Waals surface area contributed by atoms with E-state index in [9.17, 15) is 9.59 Å². The quantitative estimate of drug-likeness (QED) is 0.434. The van der Waals surface area contributed by atoms with Gasteiger partial charge in [-0.2, -0.15) is 5.26 Å². The fourth-order valence-electron chi connectivity index (χ4n) is 1.44. The van der Waals surface area contributed by atoms with Gasteiger partial charge in [0.05, 0.1) is 5.70 Å². The first kappa shape index (κ1) is 14.0. The van der Waals surface area contributed by atoms with Gasteiger partial charge in [0.1, 0.15) is 11.7 Å². The van der Waals surface area contributed by atoms with E-state index < -0.39 is 11.6 Å². The highest BCUT2D eigenvalue weighted by molar-refractivity contribution is 6.03. The van der Waals surface area contributed by atoms with Crippen molar-refractivity contribution in [3.05, 3.63) is 22.4 Å². The van der Waals surface area contributed by atoms with Crippen molar-refractivity contribution in [1.82, 2.24) is 5.32 Å². The summed E-state index contributed by atoms with van der Waals surface area (Å²) >= 11 is 0. The summed E-state index contributed by atoms with van der Waals surface area (Å²) in [5, 5.41) is 11.6. The van der Waals surface area contributed by atoms with Crippen LogP contribution in [0.3, 0.4) is 0 Å². The molecule has 0 fully saturated rings. The summed E-state index contributed by atoms with van der Waals surface area (Å²) in [6.45, 7) is 8.47. The minimum Gasteiger partial charge on any atom is -0.456 e. The van der Waals surface area contributed by atoms with Gasteiger partial charge >= 0.3 is 5.97 Å². The van der Waals surface area contributed by atoms with Crippen LogP contribution in [0.1, 0.15) is 34.6 Å². The molecule has 1 rings (SSSR count). The number of nitriles is 1. The van der Waals surface area contributed by atoms with Crippen molar-refractivity contribution in [2.45, 2.75) is 40.2 Å². The van der Waals surface area contributed by atoms with Crippen molar-refractivity contribution in [1.29, 1.82) is 5.26 Å². The molecular formula is C13H16N2O3. The van der Waals surface area contributed by atoms with Crippen molar-refractivity contribution in [3.8, 4) is 6.07 Å². The zero-order valence-corrected chi connectivity index (χ0v) is 11.2. The Labute approximate surface area is 106 Å². The highest BCUT2D eigenvalue weighted by atomic mass is 16.6. The third kappa shape index (κ3) is 2.77. The fraction of sp³-hybridized carbons (Fsp3) is 0.462. The van der Waals surface area contributed by atoms with Crippen LogP contribution >= 0.6 is 0 Å². The number of rotatable bonds is 1. The summed E-state index contributed by atoms with van der Waals surface area (Å²) in [5.41, 5.74) is 0.486. The summed E-state index contributed by atoms with van der Waals surface area (Å²) in [5.74, 6) is -1.02. The maximum atomic E-state index is 11.9. The van der Waals surface area contributed by atoms with Gasteiger partial charge < -0.3 is 10.1 Å². The Balaban J connectivity index is 3.17. The molecule has 0 radical (unpaired) electrons. The van der Waals surface area contributed by atoms with Crippen LogP contribution in [0.25, 0.3) is 0 Å². The summed E-state index contributed by atoms with van der Waals surface area (Å²) in [6.07, 6.45) is 0. The summed E-state index contributed by atoms with van der Waals surface area (Å²) in [4.78, 5) is 23.3. The molecular weight excluding hydrogens is 232 g/mol. The zero-order valence-electron chi connectivity index (χ0n) is 11.2. The average molecular weight is 248 g/mol. The Hall–Kier alpha value is -2.09. The lowest BCUT2D eigenvalue weighted by Crippen LogP contribution is -2.27. The SMILES string of the molecule is CC1=C(C)/C(=C(/C#N)C(=O)OC(C)(C)C)NC1=O. The van der Waals surface area contributed by atoms with Crippen molar-refractivity contribution in [2.75, 3.05) is 0 Å². The molecule has 0 atom stereocenters. The molecule has 0 aromatic rings. The van der Waals surface area contributed by atoms with E-state index in [-0.39, 0.29) is 17.2 Å². The molecule has 0 aliphatic carbocycles. The van der Waals surface area contributed by atoms with Gasteiger partial charge in [0, 0.05) is 5.57 Å². The molecule has 1 amide bonds. The first-order valence-corrected chi connectivity index (χ1v) is 5.54. The molecule has 0 saturated heterocycles. The number of carbonyl (C=O) groups excluding carboxylic acids is 2. The molecule has 0 saturated carbocycles. The number of nitrogens with one attached hydrogen (secondary N) is 1. The number of amides is 1. The van der Waals surface area contributed by atoms with Crippen LogP contribution < -0.4 is 5.32 Å². The molecule has 0 aromatic carbocycles. The second-order valence-electron chi connectivity index (χ2n) is 5.07. The third-order valence-corrected chi connectivity index (χ3v) is 2.48. The molecule has 1 aliphatic rings. The average Bonchev–Trinajstić information content (AvgIpc) is 2.45. The minimum absolute atomic E-state index is 0.173.